The number of halogens is 1. The Balaban J connectivity index is 1.85. The zero-order chi connectivity index (χ0) is 21.1. The first-order chi connectivity index (χ1) is 14.6. The van der Waals surface area contributed by atoms with Gasteiger partial charge in [-0.15, -0.1) is 0 Å². The second kappa shape index (κ2) is 8.51. The van der Waals surface area contributed by atoms with Gasteiger partial charge in [0.15, 0.2) is 0 Å². The molecule has 0 amide bonds. The van der Waals surface area contributed by atoms with Crippen molar-refractivity contribution in [2.75, 3.05) is 21.3 Å². The summed E-state index contributed by atoms with van der Waals surface area (Å²) in [4.78, 5) is 4.91. The van der Waals surface area contributed by atoms with Crippen LogP contribution in [0, 0.1) is 0 Å². The molecule has 0 fully saturated rings. The van der Waals surface area contributed by atoms with Gasteiger partial charge in [0.2, 0.25) is 0 Å². The molecular weight excluding hydrogens is 400 g/mol. The number of methoxy groups -OCH3 is 3. The molecule has 0 aliphatic carbocycles. The fourth-order valence-electron chi connectivity index (χ4n) is 3.22. The highest BCUT2D eigenvalue weighted by Gasteiger charge is 2.16. The second-order valence-corrected chi connectivity index (χ2v) is 7.00. The molecular formula is C24H21ClN2O3. The zero-order valence-corrected chi connectivity index (χ0v) is 17.7. The van der Waals surface area contributed by atoms with Gasteiger partial charge in [0.25, 0.3) is 0 Å². The van der Waals surface area contributed by atoms with Gasteiger partial charge in [0.05, 0.1) is 32.0 Å². The summed E-state index contributed by atoms with van der Waals surface area (Å²) in [6.45, 7) is 0. The van der Waals surface area contributed by atoms with Gasteiger partial charge in [-0.3, -0.25) is 4.57 Å². The molecule has 3 aromatic carbocycles. The highest BCUT2D eigenvalue weighted by molar-refractivity contribution is 6.33. The van der Waals surface area contributed by atoms with Gasteiger partial charge >= 0.3 is 0 Å². The van der Waals surface area contributed by atoms with Gasteiger partial charge in [-0.1, -0.05) is 11.6 Å². The van der Waals surface area contributed by atoms with Crippen LogP contribution in [0.4, 0.5) is 0 Å². The third-order valence-electron chi connectivity index (χ3n) is 4.86. The molecule has 0 bridgehead atoms. The number of rotatable bonds is 6. The summed E-state index contributed by atoms with van der Waals surface area (Å²) in [6, 6.07) is 21.2. The average Bonchev–Trinajstić information content (AvgIpc) is 3.24. The number of hydrogen-bond acceptors (Lipinski definition) is 4. The molecule has 0 aliphatic rings. The molecule has 0 spiro atoms. The van der Waals surface area contributed by atoms with E-state index in [2.05, 4.69) is 0 Å². The van der Waals surface area contributed by atoms with Crippen molar-refractivity contribution in [2.24, 2.45) is 0 Å². The molecule has 30 heavy (non-hydrogen) atoms. The maximum absolute atomic E-state index is 6.51. The second-order valence-electron chi connectivity index (χ2n) is 6.59. The molecule has 0 saturated carbocycles. The molecule has 4 aromatic rings. The number of benzene rings is 3. The molecule has 152 valence electrons. The monoisotopic (exact) mass is 420 g/mol. The number of nitrogens with zero attached hydrogens (tertiary/aromatic N) is 2. The minimum absolute atomic E-state index is 0.579. The molecule has 0 aliphatic heterocycles. The summed E-state index contributed by atoms with van der Waals surface area (Å²) in [7, 11) is 4.92. The van der Waals surface area contributed by atoms with Crippen molar-refractivity contribution in [3.63, 3.8) is 0 Å². The first-order valence-corrected chi connectivity index (χ1v) is 9.73. The van der Waals surface area contributed by atoms with Crippen LogP contribution in [0.3, 0.4) is 0 Å². The Kier molecular flexibility index (Phi) is 5.63. The molecule has 4 rings (SSSR count). The number of aromatic nitrogens is 2. The Bertz CT molecular complexity index is 1090. The van der Waals surface area contributed by atoms with Crippen LogP contribution in [-0.2, 0) is 0 Å². The standard InChI is InChI=1S/C24H21ClN2O3/c1-28-18-8-4-16(5-9-18)24-26-23(21-13-12-20(30-3)14-22(21)25)15-27(24)17-6-10-19(29-2)11-7-17/h4-15H,1-3H3. The quantitative estimate of drug-likeness (QED) is 0.390. The Morgan fingerprint density at radius 1 is 0.733 bits per heavy atom. The molecule has 0 radical (unpaired) electrons. The number of ether oxygens (including phenoxy) is 3. The largest absolute Gasteiger partial charge is 0.497 e. The van der Waals surface area contributed by atoms with Crippen LogP contribution in [0.25, 0.3) is 28.3 Å². The van der Waals surface area contributed by atoms with Crippen LogP contribution < -0.4 is 14.2 Å². The van der Waals surface area contributed by atoms with Gasteiger partial charge in [-0.2, -0.15) is 0 Å². The molecule has 1 aromatic heterocycles. The minimum atomic E-state index is 0.579. The molecule has 0 atom stereocenters. The Hall–Kier alpha value is -3.44. The molecule has 0 saturated heterocycles. The normalized spacial score (nSPS) is 10.7. The summed E-state index contributed by atoms with van der Waals surface area (Å²) >= 11 is 6.51. The smallest absolute Gasteiger partial charge is 0.145 e. The summed E-state index contributed by atoms with van der Waals surface area (Å²) < 4.78 is 17.9. The van der Waals surface area contributed by atoms with E-state index in [1.807, 2.05) is 71.4 Å². The summed E-state index contributed by atoms with van der Waals surface area (Å²) in [5, 5.41) is 0.579. The van der Waals surface area contributed by atoms with E-state index in [-0.39, 0.29) is 0 Å². The lowest BCUT2D eigenvalue weighted by molar-refractivity contribution is 0.414. The van der Waals surface area contributed by atoms with Crippen molar-refractivity contribution in [1.82, 2.24) is 9.55 Å². The predicted octanol–water partition coefficient (Wildman–Crippen LogP) is 5.89. The summed E-state index contributed by atoms with van der Waals surface area (Å²) in [5.41, 5.74) is 3.52. The summed E-state index contributed by atoms with van der Waals surface area (Å²) in [5.74, 6) is 3.08. The van der Waals surface area contributed by atoms with Crippen LogP contribution in [0.2, 0.25) is 5.02 Å². The Morgan fingerprint density at radius 3 is 1.87 bits per heavy atom. The highest BCUT2D eigenvalue weighted by atomic mass is 35.5. The van der Waals surface area contributed by atoms with E-state index in [1.54, 1.807) is 27.4 Å². The van der Waals surface area contributed by atoms with Gasteiger partial charge < -0.3 is 14.2 Å². The van der Waals surface area contributed by atoms with Crippen LogP contribution in [0.15, 0.2) is 72.9 Å². The lowest BCUT2D eigenvalue weighted by atomic mass is 10.1. The third-order valence-corrected chi connectivity index (χ3v) is 5.17. The first kappa shape index (κ1) is 19.9. The van der Waals surface area contributed by atoms with Crippen LogP contribution in [-0.4, -0.2) is 30.9 Å². The lowest BCUT2D eigenvalue weighted by Gasteiger charge is -2.09. The van der Waals surface area contributed by atoms with Gasteiger partial charge in [0, 0.05) is 23.0 Å². The number of hydrogen-bond donors (Lipinski definition) is 0. The fourth-order valence-corrected chi connectivity index (χ4v) is 3.49. The van der Waals surface area contributed by atoms with Crippen molar-refractivity contribution < 1.29 is 14.2 Å². The molecule has 6 heteroatoms. The maximum atomic E-state index is 6.51. The summed E-state index contributed by atoms with van der Waals surface area (Å²) in [6.07, 6.45) is 1.98. The average molecular weight is 421 g/mol. The maximum Gasteiger partial charge on any atom is 0.145 e. The van der Waals surface area contributed by atoms with E-state index in [1.165, 1.54) is 0 Å². The Labute approximate surface area is 180 Å². The molecule has 0 unspecified atom stereocenters. The van der Waals surface area contributed by atoms with Crippen molar-refractivity contribution in [3.05, 3.63) is 77.9 Å². The van der Waals surface area contributed by atoms with E-state index in [4.69, 9.17) is 30.8 Å². The van der Waals surface area contributed by atoms with Gasteiger partial charge in [-0.25, -0.2) is 4.98 Å². The van der Waals surface area contributed by atoms with E-state index >= 15 is 0 Å². The number of imidazole rings is 1. The minimum Gasteiger partial charge on any atom is -0.497 e. The van der Waals surface area contributed by atoms with E-state index in [9.17, 15) is 0 Å². The predicted molar refractivity (Wildman–Crippen MR) is 119 cm³/mol. The SMILES string of the molecule is COc1ccc(-c2nc(-c3ccc(OC)cc3Cl)cn2-c2ccc(OC)cc2)cc1. The van der Waals surface area contributed by atoms with Crippen molar-refractivity contribution in [2.45, 2.75) is 0 Å². The van der Waals surface area contributed by atoms with Crippen molar-refractivity contribution in [1.29, 1.82) is 0 Å². The van der Waals surface area contributed by atoms with E-state index < -0.39 is 0 Å². The fraction of sp³-hybridized carbons (Fsp3) is 0.125. The zero-order valence-electron chi connectivity index (χ0n) is 16.9. The van der Waals surface area contributed by atoms with Crippen LogP contribution >= 0.6 is 11.6 Å². The van der Waals surface area contributed by atoms with Gasteiger partial charge in [0.1, 0.15) is 23.1 Å². The Morgan fingerprint density at radius 2 is 1.30 bits per heavy atom. The third kappa shape index (κ3) is 3.84. The highest BCUT2D eigenvalue weighted by Crippen LogP contribution is 2.34. The molecule has 5 nitrogen and oxygen atoms in total. The van der Waals surface area contributed by atoms with E-state index in [0.717, 1.165) is 39.8 Å². The van der Waals surface area contributed by atoms with Crippen LogP contribution in [0.5, 0.6) is 17.2 Å². The van der Waals surface area contributed by atoms with Gasteiger partial charge in [-0.05, 0) is 66.7 Å². The van der Waals surface area contributed by atoms with E-state index in [0.29, 0.717) is 10.8 Å². The lowest BCUT2D eigenvalue weighted by Crippen LogP contribution is -1.96. The van der Waals surface area contributed by atoms with Crippen LogP contribution in [0.1, 0.15) is 0 Å². The first-order valence-electron chi connectivity index (χ1n) is 9.35. The molecule has 0 N–H and O–H groups in total. The topological polar surface area (TPSA) is 45.5 Å². The van der Waals surface area contributed by atoms with Crippen molar-refractivity contribution >= 4 is 11.6 Å². The molecule has 1 heterocycles. The van der Waals surface area contributed by atoms with Crippen molar-refractivity contribution in [3.8, 4) is 45.6 Å².